The van der Waals surface area contributed by atoms with Gasteiger partial charge >= 0.3 is 0 Å². The van der Waals surface area contributed by atoms with Crippen LogP contribution in [0.4, 0.5) is 4.39 Å². The van der Waals surface area contributed by atoms with Crippen molar-refractivity contribution in [2.24, 2.45) is 0 Å². The monoisotopic (exact) mass is 448 g/mol. The van der Waals surface area contributed by atoms with E-state index in [-0.39, 0.29) is 11.7 Å². The molecule has 1 N–H and O–H groups in total. The lowest BCUT2D eigenvalue weighted by atomic mass is 10.2. The lowest BCUT2D eigenvalue weighted by molar-refractivity contribution is 0.0946. The van der Waals surface area contributed by atoms with Crippen molar-refractivity contribution in [1.29, 1.82) is 0 Å². The van der Waals surface area contributed by atoms with E-state index in [2.05, 4.69) is 15.4 Å². The third kappa shape index (κ3) is 5.33. The molecule has 0 saturated carbocycles. The molecule has 0 fully saturated rings. The van der Waals surface area contributed by atoms with Crippen LogP contribution in [-0.2, 0) is 12.3 Å². The minimum absolute atomic E-state index is 0.223. The lowest BCUT2D eigenvalue weighted by Crippen LogP contribution is -2.24. The highest BCUT2D eigenvalue weighted by Crippen LogP contribution is 2.24. The maximum atomic E-state index is 13.1. The summed E-state index contributed by atoms with van der Waals surface area (Å²) in [5.74, 6) is 0.867. The lowest BCUT2D eigenvalue weighted by Gasteiger charge is -2.08. The number of rotatable bonds is 8. The zero-order valence-corrected chi connectivity index (χ0v) is 18.2. The first-order chi connectivity index (χ1) is 15.6. The number of benzene rings is 2. The Morgan fingerprint density at radius 2 is 1.88 bits per heavy atom. The van der Waals surface area contributed by atoms with Gasteiger partial charge in [-0.1, -0.05) is 12.1 Å². The number of thioether (sulfide) groups is 1. The summed E-state index contributed by atoms with van der Waals surface area (Å²) in [4.78, 5) is 17.1. The van der Waals surface area contributed by atoms with Crippen LogP contribution in [0.15, 0.2) is 84.1 Å². The molecule has 2 heterocycles. The molecule has 0 aliphatic carbocycles. The van der Waals surface area contributed by atoms with Crippen LogP contribution in [0.5, 0.6) is 5.75 Å². The van der Waals surface area contributed by atoms with E-state index in [9.17, 15) is 9.18 Å². The van der Waals surface area contributed by atoms with Crippen LogP contribution < -0.4 is 10.1 Å². The summed E-state index contributed by atoms with van der Waals surface area (Å²) < 4.78 is 20.0. The SMILES string of the molecule is COc1ccc(-n2ccc(CNC(=O)c3cccnc3SCc3ccc(F)cc3)n2)cc1. The van der Waals surface area contributed by atoms with Gasteiger partial charge in [0.25, 0.3) is 5.91 Å². The molecule has 0 unspecified atom stereocenters. The summed E-state index contributed by atoms with van der Waals surface area (Å²) in [7, 11) is 1.62. The Labute approximate surface area is 189 Å². The number of hydrogen-bond donors (Lipinski definition) is 1. The number of hydrogen-bond acceptors (Lipinski definition) is 5. The van der Waals surface area contributed by atoms with Crippen molar-refractivity contribution in [2.45, 2.75) is 17.3 Å². The average Bonchev–Trinajstić information content (AvgIpc) is 3.31. The molecule has 0 radical (unpaired) electrons. The van der Waals surface area contributed by atoms with Crippen LogP contribution >= 0.6 is 11.8 Å². The summed E-state index contributed by atoms with van der Waals surface area (Å²) in [6, 6.07) is 19.2. The molecule has 4 rings (SSSR count). The van der Waals surface area contributed by atoms with Gasteiger partial charge in [-0.05, 0) is 60.2 Å². The van der Waals surface area contributed by atoms with Gasteiger partial charge in [0, 0.05) is 18.1 Å². The van der Waals surface area contributed by atoms with Gasteiger partial charge < -0.3 is 10.1 Å². The zero-order chi connectivity index (χ0) is 22.3. The van der Waals surface area contributed by atoms with Crippen molar-refractivity contribution < 1.29 is 13.9 Å². The van der Waals surface area contributed by atoms with Gasteiger partial charge in [0.1, 0.15) is 16.6 Å². The zero-order valence-electron chi connectivity index (χ0n) is 17.4. The normalized spacial score (nSPS) is 10.7. The molecule has 4 aromatic rings. The summed E-state index contributed by atoms with van der Waals surface area (Å²) in [6.07, 6.45) is 3.50. The third-order valence-corrected chi connectivity index (χ3v) is 5.79. The van der Waals surface area contributed by atoms with Crippen molar-refractivity contribution in [3.63, 3.8) is 0 Å². The highest BCUT2D eigenvalue weighted by Gasteiger charge is 2.13. The second-order valence-corrected chi connectivity index (χ2v) is 7.87. The molecular weight excluding hydrogens is 427 g/mol. The second kappa shape index (κ2) is 10.1. The van der Waals surface area contributed by atoms with Gasteiger partial charge in [-0.15, -0.1) is 11.8 Å². The van der Waals surface area contributed by atoms with E-state index in [0.29, 0.717) is 22.9 Å². The maximum Gasteiger partial charge on any atom is 0.254 e. The van der Waals surface area contributed by atoms with Crippen LogP contribution in [0.25, 0.3) is 5.69 Å². The predicted molar refractivity (Wildman–Crippen MR) is 121 cm³/mol. The fourth-order valence-electron chi connectivity index (χ4n) is 3.01. The van der Waals surface area contributed by atoms with Crippen molar-refractivity contribution in [1.82, 2.24) is 20.1 Å². The highest BCUT2D eigenvalue weighted by atomic mass is 32.2. The van der Waals surface area contributed by atoms with E-state index >= 15 is 0 Å². The van der Waals surface area contributed by atoms with E-state index in [1.54, 1.807) is 42.3 Å². The number of ether oxygens (including phenoxy) is 1. The van der Waals surface area contributed by atoms with Crippen LogP contribution in [-0.4, -0.2) is 27.8 Å². The molecule has 32 heavy (non-hydrogen) atoms. The first-order valence-corrected chi connectivity index (χ1v) is 10.9. The highest BCUT2D eigenvalue weighted by molar-refractivity contribution is 7.98. The van der Waals surface area contributed by atoms with Gasteiger partial charge in [0.2, 0.25) is 0 Å². The minimum Gasteiger partial charge on any atom is -0.497 e. The van der Waals surface area contributed by atoms with E-state index in [4.69, 9.17) is 4.74 Å². The van der Waals surface area contributed by atoms with Crippen molar-refractivity contribution in [3.05, 3.63) is 102 Å². The predicted octanol–water partition coefficient (Wildman–Crippen LogP) is 4.64. The molecule has 0 aliphatic heterocycles. The van der Waals surface area contributed by atoms with E-state index in [0.717, 1.165) is 22.7 Å². The largest absolute Gasteiger partial charge is 0.497 e. The Morgan fingerprint density at radius 3 is 2.62 bits per heavy atom. The van der Waals surface area contributed by atoms with Crippen molar-refractivity contribution >= 4 is 17.7 Å². The summed E-state index contributed by atoms with van der Waals surface area (Å²) in [6.45, 7) is 0.291. The van der Waals surface area contributed by atoms with Crippen molar-refractivity contribution in [3.8, 4) is 11.4 Å². The standard InChI is InChI=1S/C24H21FN4O2S/c1-31-21-10-8-20(9-11-21)29-14-12-19(28-29)15-27-23(30)22-3-2-13-26-24(22)32-16-17-4-6-18(25)7-5-17/h2-14H,15-16H2,1H3,(H,27,30). The van der Waals surface area contributed by atoms with Crippen molar-refractivity contribution in [2.75, 3.05) is 7.11 Å². The van der Waals surface area contributed by atoms with Crippen LogP contribution in [0.2, 0.25) is 0 Å². The fourth-order valence-corrected chi connectivity index (χ4v) is 3.96. The first-order valence-electron chi connectivity index (χ1n) is 9.92. The molecule has 0 saturated heterocycles. The number of amides is 1. The van der Waals surface area contributed by atoms with Crippen LogP contribution in [0.1, 0.15) is 21.6 Å². The number of nitrogens with zero attached hydrogens (tertiary/aromatic N) is 3. The van der Waals surface area contributed by atoms with Gasteiger partial charge in [-0.3, -0.25) is 4.79 Å². The molecule has 0 bridgehead atoms. The molecule has 0 spiro atoms. The summed E-state index contributed by atoms with van der Waals surface area (Å²) >= 11 is 1.44. The number of aromatic nitrogens is 3. The van der Waals surface area contributed by atoms with E-state index < -0.39 is 0 Å². The summed E-state index contributed by atoms with van der Waals surface area (Å²) in [5.41, 5.74) is 3.08. The topological polar surface area (TPSA) is 69.0 Å². The molecule has 162 valence electrons. The molecule has 2 aromatic heterocycles. The Balaban J connectivity index is 1.38. The Kier molecular flexibility index (Phi) is 6.81. The van der Waals surface area contributed by atoms with E-state index in [1.807, 2.05) is 36.5 Å². The number of nitrogens with one attached hydrogen (secondary N) is 1. The molecule has 1 amide bonds. The molecule has 2 aromatic carbocycles. The molecule has 8 heteroatoms. The van der Waals surface area contributed by atoms with E-state index in [1.165, 1.54) is 23.9 Å². The fraction of sp³-hybridized carbons (Fsp3) is 0.125. The second-order valence-electron chi connectivity index (χ2n) is 6.90. The molecule has 6 nitrogen and oxygen atoms in total. The van der Waals surface area contributed by atoms with Gasteiger partial charge in [-0.25, -0.2) is 14.1 Å². The third-order valence-electron chi connectivity index (χ3n) is 4.72. The Bertz CT molecular complexity index is 1190. The Hall–Kier alpha value is -3.65. The summed E-state index contributed by atoms with van der Waals surface area (Å²) in [5, 5.41) is 8.05. The quantitative estimate of drug-likeness (QED) is 0.398. The first kappa shape index (κ1) is 21.6. The molecular formula is C24H21FN4O2S. The van der Waals surface area contributed by atoms with Crippen LogP contribution in [0, 0.1) is 5.82 Å². The number of carbonyl (C=O) groups excluding carboxylic acids is 1. The maximum absolute atomic E-state index is 13.1. The van der Waals surface area contributed by atoms with Gasteiger partial charge in [-0.2, -0.15) is 5.10 Å². The molecule has 0 aliphatic rings. The smallest absolute Gasteiger partial charge is 0.254 e. The average molecular weight is 449 g/mol. The van der Waals surface area contributed by atoms with Crippen LogP contribution in [0.3, 0.4) is 0 Å². The van der Waals surface area contributed by atoms with Gasteiger partial charge in [0.05, 0.1) is 30.6 Å². The number of carbonyl (C=O) groups is 1. The Morgan fingerprint density at radius 1 is 1.09 bits per heavy atom. The van der Waals surface area contributed by atoms with Gasteiger partial charge in [0.15, 0.2) is 0 Å². The number of pyridine rings is 1. The minimum atomic E-state index is -0.272. The number of halogens is 1. The number of methoxy groups -OCH3 is 1. The molecule has 0 atom stereocenters.